The minimum absolute atomic E-state index is 0. The molecule has 7 heavy (non-hydrogen) atoms. The molecular formula is F4K2Ni. The summed E-state index contributed by atoms with van der Waals surface area (Å²) in [5, 5.41) is 0. The third-order valence-electron chi connectivity index (χ3n) is 0. The first-order valence-electron chi connectivity index (χ1n) is 0. The average molecular weight is 213 g/mol. The Morgan fingerprint density at radius 2 is 0.429 bits per heavy atom. The molecule has 0 aromatic rings. The molecule has 0 aliphatic heterocycles. The maximum absolute atomic E-state index is 0. The van der Waals surface area contributed by atoms with Crippen LogP contribution in [0.2, 0.25) is 0 Å². The monoisotopic (exact) mass is 212 g/mol. The van der Waals surface area contributed by atoms with Crippen molar-refractivity contribution in [1.29, 1.82) is 0 Å². The van der Waals surface area contributed by atoms with Crippen LogP contribution in [0.4, 0.5) is 0 Å². The van der Waals surface area contributed by atoms with E-state index in [2.05, 4.69) is 0 Å². The van der Waals surface area contributed by atoms with E-state index in [9.17, 15) is 0 Å². The fraction of sp³-hybridized carbons (Fsp3) is 0. The van der Waals surface area contributed by atoms with Gasteiger partial charge in [-0.25, -0.2) is 0 Å². The van der Waals surface area contributed by atoms with Gasteiger partial charge >= 0.3 is 119 Å². The molecule has 0 aromatic heterocycles. The summed E-state index contributed by atoms with van der Waals surface area (Å²) in [6.45, 7) is 0. The van der Waals surface area contributed by atoms with Gasteiger partial charge in [0.25, 0.3) is 0 Å². The molecule has 0 saturated heterocycles. The molecule has 0 rings (SSSR count). The largest absolute Gasteiger partial charge is 2.00 e. The van der Waals surface area contributed by atoms with Crippen LogP contribution < -0.4 is 122 Å². The molecule has 0 nitrogen and oxygen atoms in total. The Balaban J connectivity index is 0. The van der Waals surface area contributed by atoms with Crippen molar-refractivity contribution in [2.75, 3.05) is 0 Å². The Bertz CT molecular complexity index is 9.65. The summed E-state index contributed by atoms with van der Waals surface area (Å²) in [5.41, 5.74) is 0. The number of hydrogen-bond acceptors (Lipinski definition) is 0. The summed E-state index contributed by atoms with van der Waals surface area (Å²) in [4.78, 5) is 0. The third-order valence-corrected chi connectivity index (χ3v) is 0. The second kappa shape index (κ2) is 56.2. The van der Waals surface area contributed by atoms with Crippen molar-refractivity contribution in [3.8, 4) is 0 Å². The topological polar surface area (TPSA) is 0 Å². The van der Waals surface area contributed by atoms with E-state index in [1.165, 1.54) is 0 Å². The molecular weight excluding hydrogens is 213 g/mol. The van der Waals surface area contributed by atoms with Crippen LogP contribution in [-0.4, -0.2) is 0 Å². The van der Waals surface area contributed by atoms with Crippen molar-refractivity contribution in [3.63, 3.8) is 0 Å². The SMILES string of the molecule is [F-].[F-].[F-].[F-].[K+].[K+].[Ni+2]. The van der Waals surface area contributed by atoms with Gasteiger partial charge in [-0.1, -0.05) is 0 Å². The van der Waals surface area contributed by atoms with Gasteiger partial charge in [-0.05, 0) is 0 Å². The molecule has 0 N–H and O–H groups in total. The second-order valence-corrected chi connectivity index (χ2v) is 0. The molecule has 7 heteroatoms. The zero-order valence-electron chi connectivity index (χ0n) is 3.83. The predicted molar refractivity (Wildman–Crippen MR) is 0 cm³/mol. The number of hydrogen-bond donors (Lipinski definition) is 0. The average Bonchev–Trinajstić information content (AvgIpc) is 0. The fourth-order valence-corrected chi connectivity index (χ4v) is 0. The minimum Gasteiger partial charge on any atom is -1.00 e. The van der Waals surface area contributed by atoms with Crippen LogP contribution in [0.3, 0.4) is 0 Å². The molecule has 0 atom stereocenters. The van der Waals surface area contributed by atoms with Crippen LogP contribution in [-0.2, 0) is 16.5 Å². The van der Waals surface area contributed by atoms with Gasteiger partial charge in [0.05, 0.1) is 0 Å². The Morgan fingerprint density at radius 1 is 0.429 bits per heavy atom. The summed E-state index contributed by atoms with van der Waals surface area (Å²) in [7, 11) is 0. The molecule has 0 bridgehead atoms. The quantitative estimate of drug-likeness (QED) is 0.277. The van der Waals surface area contributed by atoms with Crippen LogP contribution in [0, 0.1) is 0 Å². The van der Waals surface area contributed by atoms with Crippen LogP contribution in [0.15, 0.2) is 0 Å². The molecule has 0 aliphatic rings. The van der Waals surface area contributed by atoms with Gasteiger partial charge in [-0.2, -0.15) is 0 Å². The first-order valence-corrected chi connectivity index (χ1v) is 0. The van der Waals surface area contributed by atoms with Crippen LogP contribution in [0.5, 0.6) is 0 Å². The van der Waals surface area contributed by atoms with E-state index >= 15 is 0 Å². The summed E-state index contributed by atoms with van der Waals surface area (Å²) in [6.07, 6.45) is 0. The van der Waals surface area contributed by atoms with Crippen molar-refractivity contribution < 1.29 is 138 Å². The fourth-order valence-electron chi connectivity index (χ4n) is 0. The van der Waals surface area contributed by atoms with E-state index in [-0.39, 0.29) is 138 Å². The Kier molecular flexibility index (Phi) is 623. The summed E-state index contributed by atoms with van der Waals surface area (Å²) in [5.74, 6) is 0. The van der Waals surface area contributed by atoms with Crippen molar-refractivity contribution in [2.24, 2.45) is 0 Å². The van der Waals surface area contributed by atoms with Gasteiger partial charge in [0, 0.05) is 0 Å². The molecule has 0 heterocycles. The molecule has 0 amide bonds. The maximum Gasteiger partial charge on any atom is 2.00 e. The van der Waals surface area contributed by atoms with Gasteiger partial charge in [0.2, 0.25) is 0 Å². The van der Waals surface area contributed by atoms with Crippen LogP contribution in [0.25, 0.3) is 0 Å². The smallest absolute Gasteiger partial charge is 1.00 e. The van der Waals surface area contributed by atoms with Crippen LogP contribution in [0.1, 0.15) is 0 Å². The number of halogens is 4. The molecule has 0 unspecified atom stereocenters. The first kappa shape index (κ1) is 77.6. The standard InChI is InChI=1S/4FH.2K.Ni/h4*1H;;;/q;;;;2*+1;+2/p-4. The summed E-state index contributed by atoms with van der Waals surface area (Å²) in [6, 6.07) is 0. The Morgan fingerprint density at radius 3 is 0.429 bits per heavy atom. The van der Waals surface area contributed by atoms with E-state index in [0.717, 1.165) is 0 Å². The van der Waals surface area contributed by atoms with Crippen molar-refractivity contribution in [1.82, 2.24) is 0 Å². The normalized spacial score (nSPS) is 0. The van der Waals surface area contributed by atoms with Gasteiger partial charge in [0.15, 0.2) is 0 Å². The van der Waals surface area contributed by atoms with E-state index in [1.807, 2.05) is 0 Å². The third kappa shape index (κ3) is 43.7. The Hall–Kier alpha value is 3.49. The molecule has 0 radical (unpaired) electrons. The van der Waals surface area contributed by atoms with Gasteiger partial charge in [-0.3, -0.25) is 0 Å². The molecule has 0 spiro atoms. The summed E-state index contributed by atoms with van der Waals surface area (Å²) < 4.78 is 0. The zero-order chi connectivity index (χ0) is 0. The van der Waals surface area contributed by atoms with E-state index in [4.69, 9.17) is 0 Å². The zero-order valence-corrected chi connectivity index (χ0v) is 11.1. The number of rotatable bonds is 0. The van der Waals surface area contributed by atoms with Gasteiger partial charge in [-0.15, -0.1) is 0 Å². The van der Waals surface area contributed by atoms with Gasteiger partial charge in [0.1, 0.15) is 0 Å². The minimum atomic E-state index is 0. The molecule has 0 fully saturated rings. The van der Waals surface area contributed by atoms with Crippen LogP contribution >= 0.6 is 0 Å². The summed E-state index contributed by atoms with van der Waals surface area (Å²) >= 11 is 0. The molecule has 40 valence electrons. The molecule has 0 aromatic carbocycles. The van der Waals surface area contributed by atoms with E-state index in [0.29, 0.717) is 0 Å². The Labute approximate surface area is 134 Å². The van der Waals surface area contributed by atoms with Crippen molar-refractivity contribution >= 4 is 0 Å². The van der Waals surface area contributed by atoms with Crippen molar-refractivity contribution in [3.05, 3.63) is 0 Å². The van der Waals surface area contributed by atoms with Crippen molar-refractivity contribution in [2.45, 2.75) is 0 Å². The molecule has 0 aliphatic carbocycles. The van der Waals surface area contributed by atoms with Gasteiger partial charge < -0.3 is 18.8 Å². The first-order chi connectivity index (χ1) is 0. The second-order valence-electron chi connectivity index (χ2n) is 0. The van der Waals surface area contributed by atoms with E-state index < -0.39 is 0 Å². The predicted octanol–water partition coefficient (Wildman–Crippen LogP) is -18.0. The maximum atomic E-state index is 0. The molecule has 0 saturated carbocycles. The van der Waals surface area contributed by atoms with E-state index in [1.54, 1.807) is 0 Å².